The molecule has 1 aromatic heterocycles. The van der Waals surface area contributed by atoms with E-state index in [-0.39, 0.29) is 11.6 Å². The van der Waals surface area contributed by atoms with E-state index in [0.29, 0.717) is 15.8 Å². The number of imidazole rings is 1. The Morgan fingerprint density at radius 2 is 1.84 bits per heavy atom. The van der Waals surface area contributed by atoms with Crippen LogP contribution in [0.4, 0.5) is 4.48 Å². The SMILES string of the molecule is Cc1ccc2c(c1)n(C1CCN(C3(C)CCOCC3)CC1)c(=O)n2F. The minimum atomic E-state index is -0.545. The molecule has 4 rings (SSSR count). The van der Waals surface area contributed by atoms with Gasteiger partial charge in [0.1, 0.15) is 5.52 Å². The highest BCUT2D eigenvalue weighted by atomic mass is 19.2. The molecule has 0 aliphatic carbocycles. The van der Waals surface area contributed by atoms with Gasteiger partial charge in [0.05, 0.1) is 5.52 Å². The standard InChI is InChI=1S/C19H26FN3O2/c1-14-3-4-16-17(13-14)22(18(24)23(16)20)15-5-9-21(10-6-15)19(2)7-11-25-12-8-19/h3-4,13,15H,5-12H2,1-2H3. The molecule has 0 N–H and O–H groups in total. The highest BCUT2D eigenvalue weighted by Crippen LogP contribution is 2.33. The molecule has 0 unspecified atom stereocenters. The van der Waals surface area contributed by atoms with Gasteiger partial charge in [-0.2, -0.15) is 0 Å². The van der Waals surface area contributed by atoms with Crippen molar-refractivity contribution in [2.75, 3.05) is 26.3 Å². The minimum absolute atomic E-state index is 0.0634. The number of rotatable bonds is 2. The van der Waals surface area contributed by atoms with Crippen molar-refractivity contribution in [1.29, 1.82) is 0 Å². The molecule has 2 aromatic rings. The summed E-state index contributed by atoms with van der Waals surface area (Å²) in [5, 5.41) is 0. The van der Waals surface area contributed by atoms with Gasteiger partial charge in [0.2, 0.25) is 0 Å². The molecule has 0 radical (unpaired) electrons. The molecule has 3 heterocycles. The van der Waals surface area contributed by atoms with Crippen molar-refractivity contribution in [2.45, 2.75) is 51.1 Å². The van der Waals surface area contributed by atoms with Gasteiger partial charge in [-0.15, -0.1) is 4.79 Å². The Morgan fingerprint density at radius 3 is 2.52 bits per heavy atom. The summed E-state index contributed by atoms with van der Waals surface area (Å²) in [6.07, 6.45) is 3.87. The molecule has 2 aliphatic heterocycles. The number of nitrogens with zero attached hydrogens (tertiary/aromatic N) is 3. The highest BCUT2D eigenvalue weighted by molar-refractivity contribution is 5.76. The van der Waals surface area contributed by atoms with E-state index in [9.17, 15) is 9.28 Å². The maximum atomic E-state index is 14.3. The number of halogens is 1. The predicted octanol–water partition coefficient (Wildman–Crippen LogP) is 3.05. The molecule has 25 heavy (non-hydrogen) atoms. The van der Waals surface area contributed by atoms with E-state index in [0.717, 1.165) is 57.6 Å². The van der Waals surface area contributed by atoms with Crippen molar-refractivity contribution < 1.29 is 9.22 Å². The van der Waals surface area contributed by atoms with Crippen LogP contribution in [-0.2, 0) is 4.74 Å². The smallest absolute Gasteiger partial charge is 0.357 e. The molecular weight excluding hydrogens is 321 g/mol. The number of piperidine rings is 1. The molecule has 0 bridgehead atoms. The van der Waals surface area contributed by atoms with Crippen LogP contribution in [0.2, 0.25) is 0 Å². The van der Waals surface area contributed by atoms with Crippen LogP contribution in [0.1, 0.15) is 44.2 Å². The van der Waals surface area contributed by atoms with Crippen LogP contribution in [0.15, 0.2) is 23.0 Å². The molecule has 0 saturated carbocycles. The lowest BCUT2D eigenvalue weighted by atomic mass is 9.87. The fourth-order valence-electron chi connectivity index (χ4n) is 4.44. The average Bonchev–Trinajstić information content (AvgIpc) is 2.86. The molecule has 5 nitrogen and oxygen atoms in total. The van der Waals surface area contributed by atoms with E-state index < -0.39 is 5.69 Å². The first-order chi connectivity index (χ1) is 12.0. The van der Waals surface area contributed by atoms with Crippen molar-refractivity contribution in [1.82, 2.24) is 14.3 Å². The van der Waals surface area contributed by atoms with E-state index >= 15 is 0 Å². The molecule has 2 fully saturated rings. The number of ether oxygens (including phenoxy) is 1. The molecule has 0 amide bonds. The van der Waals surface area contributed by atoms with Crippen LogP contribution in [0.25, 0.3) is 11.0 Å². The molecule has 1 aromatic carbocycles. The second kappa shape index (κ2) is 6.25. The number of hydrogen-bond donors (Lipinski definition) is 0. The van der Waals surface area contributed by atoms with E-state index in [1.165, 1.54) is 0 Å². The third-order valence-corrected chi connectivity index (χ3v) is 6.14. The summed E-state index contributed by atoms with van der Waals surface area (Å²) < 4.78 is 21.5. The van der Waals surface area contributed by atoms with Gasteiger partial charge in [-0.25, -0.2) is 4.79 Å². The Balaban J connectivity index is 1.59. The van der Waals surface area contributed by atoms with Crippen LogP contribution in [-0.4, -0.2) is 46.1 Å². The first-order valence-corrected chi connectivity index (χ1v) is 9.22. The van der Waals surface area contributed by atoms with Crippen molar-refractivity contribution in [3.8, 4) is 0 Å². The minimum Gasteiger partial charge on any atom is -0.381 e. The Hall–Kier alpha value is -1.66. The van der Waals surface area contributed by atoms with Gasteiger partial charge in [0.25, 0.3) is 0 Å². The number of aromatic nitrogens is 2. The molecule has 6 heteroatoms. The number of aryl methyl sites for hydroxylation is 1. The van der Waals surface area contributed by atoms with Crippen LogP contribution in [0.5, 0.6) is 0 Å². The van der Waals surface area contributed by atoms with Crippen LogP contribution in [0.3, 0.4) is 0 Å². The van der Waals surface area contributed by atoms with E-state index in [2.05, 4.69) is 11.8 Å². The average molecular weight is 347 g/mol. The molecule has 2 aliphatic rings. The summed E-state index contributed by atoms with van der Waals surface area (Å²) >= 11 is 0. The highest BCUT2D eigenvalue weighted by Gasteiger charge is 2.36. The second-order valence-electron chi connectivity index (χ2n) is 7.75. The zero-order chi connectivity index (χ0) is 17.6. The topological polar surface area (TPSA) is 39.4 Å². The Bertz CT molecular complexity index is 827. The maximum absolute atomic E-state index is 14.3. The summed E-state index contributed by atoms with van der Waals surface area (Å²) in [6.45, 7) is 7.82. The third kappa shape index (κ3) is 2.81. The monoisotopic (exact) mass is 347 g/mol. The number of likely N-dealkylation sites (tertiary alicyclic amines) is 1. The molecule has 136 valence electrons. The van der Waals surface area contributed by atoms with Crippen LogP contribution in [0, 0.1) is 6.92 Å². The fourth-order valence-corrected chi connectivity index (χ4v) is 4.44. The first-order valence-electron chi connectivity index (χ1n) is 9.22. The fraction of sp³-hybridized carbons (Fsp3) is 0.632. The Kier molecular flexibility index (Phi) is 4.20. The van der Waals surface area contributed by atoms with Gasteiger partial charge in [0, 0.05) is 37.9 Å². The van der Waals surface area contributed by atoms with Crippen LogP contribution >= 0.6 is 0 Å². The lowest BCUT2D eigenvalue weighted by Crippen LogP contribution is -2.53. The van der Waals surface area contributed by atoms with Gasteiger partial charge in [-0.05, 0) is 57.2 Å². The number of hydrogen-bond acceptors (Lipinski definition) is 3. The second-order valence-corrected chi connectivity index (χ2v) is 7.75. The molecule has 0 atom stereocenters. The van der Waals surface area contributed by atoms with Gasteiger partial charge in [-0.3, -0.25) is 9.47 Å². The zero-order valence-electron chi connectivity index (χ0n) is 15.0. The summed E-state index contributed by atoms with van der Waals surface area (Å²) in [7, 11) is 0. The largest absolute Gasteiger partial charge is 0.381 e. The first kappa shape index (κ1) is 16.8. The third-order valence-electron chi connectivity index (χ3n) is 6.14. The van der Waals surface area contributed by atoms with Crippen molar-refractivity contribution in [3.63, 3.8) is 0 Å². The van der Waals surface area contributed by atoms with E-state index in [4.69, 9.17) is 4.74 Å². The van der Waals surface area contributed by atoms with Crippen molar-refractivity contribution >= 4 is 11.0 Å². The van der Waals surface area contributed by atoms with Gasteiger partial charge in [-0.1, -0.05) is 10.5 Å². The normalized spacial score (nSPS) is 22.5. The van der Waals surface area contributed by atoms with Gasteiger partial charge >= 0.3 is 5.69 Å². The Labute approximate surface area is 146 Å². The maximum Gasteiger partial charge on any atom is 0.357 e. The molecular formula is C19H26FN3O2. The molecule has 2 saturated heterocycles. The zero-order valence-corrected chi connectivity index (χ0v) is 15.0. The predicted molar refractivity (Wildman–Crippen MR) is 95.7 cm³/mol. The Morgan fingerprint density at radius 1 is 1.16 bits per heavy atom. The van der Waals surface area contributed by atoms with E-state index in [1.807, 2.05) is 19.1 Å². The van der Waals surface area contributed by atoms with Crippen molar-refractivity contribution in [2.24, 2.45) is 0 Å². The molecule has 0 spiro atoms. The van der Waals surface area contributed by atoms with Gasteiger partial charge in [0.15, 0.2) is 0 Å². The van der Waals surface area contributed by atoms with Crippen molar-refractivity contribution in [3.05, 3.63) is 34.2 Å². The quantitative estimate of drug-likeness (QED) is 0.838. The number of benzene rings is 1. The van der Waals surface area contributed by atoms with Gasteiger partial charge < -0.3 is 4.74 Å². The van der Waals surface area contributed by atoms with Crippen LogP contribution < -0.4 is 5.69 Å². The summed E-state index contributed by atoms with van der Waals surface area (Å²) in [5.74, 6) is 0. The lowest BCUT2D eigenvalue weighted by Gasteiger charge is -2.47. The summed E-state index contributed by atoms with van der Waals surface area (Å²) in [6, 6.07) is 5.52. The summed E-state index contributed by atoms with van der Waals surface area (Å²) in [4.78, 5) is 15.3. The van der Waals surface area contributed by atoms with E-state index in [1.54, 1.807) is 10.6 Å². The lowest BCUT2D eigenvalue weighted by molar-refractivity contribution is -0.0313. The summed E-state index contributed by atoms with van der Waals surface area (Å²) in [5.41, 5.74) is 1.77. The number of fused-ring (bicyclic) bond motifs is 1.